The predicted octanol–water partition coefficient (Wildman–Crippen LogP) is 5.16. The molecule has 1 heterocycles. The number of aryl methyl sites for hydroxylation is 1. The first kappa shape index (κ1) is 19.2. The third kappa shape index (κ3) is 4.28. The highest BCUT2D eigenvalue weighted by atomic mass is 79.9. The molecule has 0 bridgehead atoms. The Morgan fingerprint density at radius 1 is 1.11 bits per heavy atom. The van der Waals surface area contributed by atoms with E-state index in [4.69, 9.17) is 4.42 Å². The number of benzene rings is 2. The van der Waals surface area contributed by atoms with Crippen LogP contribution in [0.2, 0.25) is 0 Å². The van der Waals surface area contributed by atoms with Gasteiger partial charge in [0.2, 0.25) is 0 Å². The Morgan fingerprint density at radius 2 is 1.89 bits per heavy atom. The van der Waals surface area contributed by atoms with Crippen LogP contribution in [0.4, 0.5) is 0 Å². The molecule has 1 aliphatic rings. The predicted molar refractivity (Wildman–Crippen MR) is 113 cm³/mol. The van der Waals surface area contributed by atoms with Crippen molar-refractivity contribution in [3.63, 3.8) is 0 Å². The van der Waals surface area contributed by atoms with Crippen molar-refractivity contribution in [2.24, 2.45) is 0 Å². The molecule has 1 aliphatic carbocycles. The fourth-order valence-electron chi connectivity index (χ4n) is 3.51. The molecule has 6 heteroatoms. The number of hydrogen-bond acceptors (Lipinski definition) is 3. The van der Waals surface area contributed by atoms with Gasteiger partial charge in [0.25, 0.3) is 5.91 Å². The Labute approximate surface area is 174 Å². The largest absolute Gasteiger partial charge is 0.455 e. The molecule has 28 heavy (non-hydrogen) atoms. The first-order valence-corrected chi connectivity index (χ1v) is 11.3. The molecule has 0 spiro atoms. The summed E-state index contributed by atoms with van der Waals surface area (Å²) in [4.78, 5) is 13.4. The van der Waals surface area contributed by atoms with Crippen LogP contribution in [0.15, 0.2) is 74.4 Å². The highest BCUT2D eigenvalue weighted by molar-refractivity contribution is 9.10. The topological polar surface area (TPSA) is 59.3 Å². The summed E-state index contributed by atoms with van der Waals surface area (Å²) in [5, 5.41) is 3.08. The van der Waals surface area contributed by atoms with Crippen molar-refractivity contribution in [2.45, 2.75) is 36.0 Å². The van der Waals surface area contributed by atoms with Gasteiger partial charge >= 0.3 is 0 Å². The van der Waals surface area contributed by atoms with Gasteiger partial charge in [0.1, 0.15) is 5.76 Å². The molecule has 1 aromatic heterocycles. The molecule has 1 amide bonds. The number of furan rings is 1. The lowest BCUT2D eigenvalue weighted by Gasteiger charge is -2.25. The maximum absolute atomic E-state index is 12.6. The third-order valence-electron chi connectivity index (χ3n) is 4.91. The minimum atomic E-state index is -1.22. The normalized spacial score (nSPS) is 17.0. The molecule has 144 valence electrons. The monoisotopic (exact) mass is 457 g/mol. The molecule has 2 aromatic carbocycles. The van der Waals surface area contributed by atoms with Crippen molar-refractivity contribution in [3.8, 4) is 0 Å². The Kier molecular flexibility index (Phi) is 5.78. The van der Waals surface area contributed by atoms with Gasteiger partial charge in [-0.1, -0.05) is 40.2 Å². The third-order valence-corrected chi connectivity index (χ3v) is 6.78. The summed E-state index contributed by atoms with van der Waals surface area (Å²) < 4.78 is 19.1. The van der Waals surface area contributed by atoms with E-state index in [1.54, 1.807) is 12.1 Å². The van der Waals surface area contributed by atoms with Gasteiger partial charge in [-0.15, -0.1) is 0 Å². The fraction of sp³-hybridized carbons (Fsp3) is 0.227. The highest BCUT2D eigenvalue weighted by Crippen LogP contribution is 2.29. The smallest absolute Gasteiger partial charge is 0.287 e. The Bertz CT molecular complexity index is 1010. The van der Waals surface area contributed by atoms with Crippen LogP contribution in [0, 0.1) is 0 Å². The molecular formula is C22H20BrNO3S. The summed E-state index contributed by atoms with van der Waals surface area (Å²) in [7, 11) is -1.22. The number of nitrogens with one attached hydrogen (secondary N) is 1. The van der Waals surface area contributed by atoms with E-state index in [1.165, 1.54) is 11.1 Å². The van der Waals surface area contributed by atoms with Crippen LogP contribution in [-0.2, 0) is 23.0 Å². The molecule has 0 unspecified atom stereocenters. The summed E-state index contributed by atoms with van der Waals surface area (Å²) in [6, 6.07) is 19.0. The molecule has 3 aromatic rings. The number of amides is 1. The zero-order chi connectivity index (χ0) is 19.5. The Hall–Kier alpha value is -2.18. The standard InChI is InChI=1S/C22H20BrNO3S/c23-16-8-11-18(12-9-16)28(26)14-17-10-13-21(27-17)22(25)24-20-7-3-5-15-4-1-2-6-19(15)20/h1-2,4,6,8-13,20H,3,5,7,14H2,(H,24,25)/t20-,28-/m1/s1. The SMILES string of the molecule is O=C(N[C@@H]1CCCc2ccccc21)c1ccc(C[S@@](=O)c2ccc(Br)cc2)o1. The zero-order valence-corrected chi connectivity index (χ0v) is 17.6. The lowest BCUT2D eigenvalue weighted by atomic mass is 9.88. The van der Waals surface area contributed by atoms with Crippen molar-refractivity contribution >= 4 is 32.6 Å². The summed E-state index contributed by atoms with van der Waals surface area (Å²) in [6.07, 6.45) is 3.02. The molecular weight excluding hydrogens is 438 g/mol. The molecule has 2 atom stereocenters. The minimum Gasteiger partial charge on any atom is -0.455 e. The first-order chi connectivity index (χ1) is 13.6. The van der Waals surface area contributed by atoms with Crippen LogP contribution >= 0.6 is 15.9 Å². The van der Waals surface area contributed by atoms with Crippen molar-refractivity contribution in [1.29, 1.82) is 0 Å². The number of halogens is 1. The molecule has 0 aliphatic heterocycles. The van der Waals surface area contributed by atoms with Gasteiger partial charge in [0.15, 0.2) is 5.76 Å². The van der Waals surface area contributed by atoms with E-state index < -0.39 is 10.8 Å². The number of carbonyl (C=O) groups is 1. The van der Waals surface area contributed by atoms with Crippen LogP contribution in [0.25, 0.3) is 0 Å². The van der Waals surface area contributed by atoms with Gasteiger partial charge < -0.3 is 9.73 Å². The summed E-state index contributed by atoms with van der Waals surface area (Å²) >= 11 is 3.37. The van der Waals surface area contributed by atoms with Crippen LogP contribution in [0.1, 0.15) is 46.3 Å². The van der Waals surface area contributed by atoms with Crippen LogP contribution in [0.5, 0.6) is 0 Å². The maximum atomic E-state index is 12.6. The second-order valence-corrected chi connectivity index (χ2v) is 9.19. The number of carbonyl (C=O) groups excluding carboxylic acids is 1. The van der Waals surface area contributed by atoms with Crippen molar-refractivity contribution in [2.75, 3.05) is 0 Å². The van der Waals surface area contributed by atoms with E-state index in [-0.39, 0.29) is 23.5 Å². The molecule has 1 N–H and O–H groups in total. The fourth-order valence-corrected chi connectivity index (χ4v) is 4.79. The lowest BCUT2D eigenvalue weighted by Crippen LogP contribution is -2.30. The van der Waals surface area contributed by atoms with Crippen LogP contribution in [0.3, 0.4) is 0 Å². The van der Waals surface area contributed by atoms with E-state index in [0.717, 1.165) is 28.6 Å². The van der Waals surface area contributed by atoms with Crippen molar-refractivity contribution < 1.29 is 13.4 Å². The molecule has 0 radical (unpaired) electrons. The summed E-state index contributed by atoms with van der Waals surface area (Å²) in [5.74, 6) is 0.796. The number of hydrogen-bond donors (Lipinski definition) is 1. The van der Waals surface area contributed by atoms with E-state index in [2.05, 4.69) is 33.4 Å². The second-order valence-electron chi connectivity index (χ2n) is 6.83. The summed E-state index contributed by atoms with van der Waals surface area (Å²) in [6.45, 7) is 0. The summed E-state index contributed by atoms with van der Waals surface area (Å²) in [5.41, 5.74) is 2.48. The molecule has 0 saturated heterocycles. The van der Waals surface area contributed by atoms with Crippen molar-refractivity contribution in [1.82, 2.24) is 5.32 Å². The molecule has 0 fully saturated rings. The van der Waals surface area contributed by atoms with Gasteiger partial charge in [-0.2, -0.15) is 0 Å². The van der Waals surface area contributed by atoms with E-state index in [1.807, 2.05) is 36.4 Å². The molecule has 0 saturated carbocycles. The lowest BCUT2D eigenvalue weighted by molar-refractivity contribution is 0.0903. The van der Waals surface area contributed by atoms with Gasteiger partial charge in [0.05, 0.1) is 22.6 Å². The van der Waals surface area contributed by atoms with Crippen LogP contribution in [-0.4, -0.2) is 10.1 Å². The average Bonchev–Trinajstić information content (AvgIpc) is 3.17. The average molecular weight is 458 g/mol. The van der Waals surface area contributed by atoms with E-state index >= 15 is 0 Å². The van der Waals surface area contributed by atoms with Gasteiger partial charge in [0, 0.05) is 9.37 Å². The quantitative estimate of drug-likeness (QED) is 0.575. The number of rotatable bonds is 5. The zero-order valence-electron chi connectivity index (χ0n) is 15.2. The maximum Gasteiger partial charge on any atom is 0.287 e. The Morgan fingerprint density at radius 3 is 2.71 bits per heavy atom. The molecule has 4 nitrogen and oxygen atoms in total. The van der Waals surface area contributed by atoms with Gasteiger partial charge in [-0.25, -0.2) is 0 Å². The van der Waals surface area contributed by atoms with Gasteiger partial charge in [-0.3, -0.25) is 9.00 Å². The number of fused-ring (bicyclic) bond motifs is 1. The van der Waals surface area contributed by atoms with Gasteiger partial charge in [-0.05, 0) is 66.8 Å². The van der Waals surface area contributed by atoms with Crippen LogP contribution < -0.4 is 5.32 Å². The van der Waals surface area contributed by atoms with E-state index in [9.17, 15) is 9.00 Å². The minimum absolute atomic E-state index is 0.00268. The molecule has 4 rings (SSSR count). The first-order valence-electron chi connectivity index (χ1n) is 9.21. The second kappa shape index (κ2) is 8.45. The Balaban J connectivity index is 1.42. The van der Waals surface area contributed by atoms with Crippen molar-refractivity contribution in [3.05, 3.63) is 87.8 Å². The highest BCUT2D eigenvalue weighted by Gasteiger charge is 2.23. The van der Waals surface area contributed by atoms with E-state index in [0.29, 0.717) is 5.76 Å².